The molecule has 0 aliphatic rings. The van der Waals surface area contributed by atoms with Crippen LogP contribution in [0, 0.1) is 5.41 Å². The fraction of sp³-hybridized carbons (Fsp3) is 0.417. The van der Waals surface area contributed by atoms with E-state index in [1.54, 1.807) is 0 Å². The van der Waals surface area contributed by atoms with Crippen molar-refractivity contribution in [2.45, 2.75) is 26.3 Å². The quantitative estimate of drug-likeness (QED) is 0.659. The third kappa shape index (κ3) is 2.55. The highest BCUT2D eigenvalue weighted by Crippen LogP contribution is 2.28. The van der Waals surface area contributed by atoms with E-state index in [2.05, 4.69) is 34.7 Å². The fourth-order valence-corrected chi connectivity index (χ4v) is 2.15. The molecule has 0 saturated heterocycles. The van der Waals surface area contributed by atoms with Gasteiger partial charge in [-0.05, 0) is 41.4 Å². The van der Waals surface area contributed by atoms with Crippen molar-refractivity contribution in [1.29, 1.82) is 5.41 Å². The van der Waals surface area contributed by atoms with Gasteiger partial charge < -0.3 is 10.6 Å². The molecule has 88 valence electrons. The fourth-order valence-electron chi connectivity index (χ4n) is 1.58. The Balaban J connectivity index is 3.22. The minimum absolute atomic E-state index is 0.0950. The van der Waals surface area contributed by atoms with Gasteiger partial charge in [-0.2, -0.15) is 0 Å². The number of hydrogen-bond donors (Lipinski definition) is 2. The van der Waals surface area contributed by atoms with Crippen molar-refractivity contribution in [3.63, 3.8) is 0 Å². The maximum atomic E-state index is 7.63. The molecule has 1 rings (SSSR count). The average molecular weight is 284 g/mol. The smallest absolute Gasteiger partial charge is 0.126 e. The molecule has 0 bridgehead atoms. The van der Waals surface area contributed by atoms with E-state index < -0.39 is 0 Å². The lowest BCUT2D eigenvalue weighted by Crippen LogP contribution is -2.30. The number of halogens is 1. The Bertz CT molecular complexity index is 390. The molecule has 0 heterocycles. The molecule has 1 unspecified atom stereocenters. The number of nitrogens with one attached hydrogen (secondary N) is 1. The van der Waals surface area contributed by atoms with Gasteiger partial charge in [0.25, 0.3) is 0 Å². The molecule has 0 saturated carbocycles. The Kier molecular flexibility index (Phi) is 4.35. The molecular weight excluding hydrogens is 266 g/mol. The van der Waals surface area contributed by atoms with Crippen LogP contribution < -0.4 is 10.6 Å². The van der Waals surface area contributed by atoms with Crippen LogP contribution in [0.25, 0.3) is 0 Å². The van der Waals surface area contributed by atoms with Crippen molar-refractivity contribution in [3.8, 4) is 0 Å². The van der Waals surface area contributed by atoms with Gasteiger partial charge in [0, 0.05) is 23.2 Å². The zero-order valence-electron chi connectivity index (χ0n) is 9.92. The second kappa shape index (κ2) is 5.34. The lowest BCUT2D eigenvalue weighted by atomic mass is 10.1. The molecule has 0 aliphatic heterocycles. The Labute approximate surface area is 105 Å². The number of amidine groups is 1. The summed E-state index contributed by atoms with van der Waals surface area (Å²) in [5, 5.41) is 7.63. The molecule has 0 spiro atoms. The van der Waals surface area contributed by atoms with Gasteiger partial charge in [0.2, 0.25) is 0 Å². The van der Waals surface area contributed by atoms with E-state index in [4.69, 9.17) is 11.1 Å². The van der Waals surface area contributed by atoms with Crippen LogP contribution in [0.1, 0.15) is 25.8 Å². The second-order valence-corrected chi connectivity index (χ2v) is 4.77. The van der Waals surface area contributed by atoms with Gasteiger partial charge in [-0.3, -0.25) is 5.41 Å². The monoisotopic (exact) mass is 283 g/mol. The molecular formula is C12H18BrN3. The highest BCUT2D eigenvalue weighted by Gasteiger charge is 2.15. The predicted octanol–water partition coefficient (Wildman–Crippen LogP) is 2.97. The summed E-state index contributed by atoms with van der Waals surface area (Å²) in [6.45, 7) is 4.30. The van der Waals surface area contributed by atoms with Gasteiger partial charge in [-0.25, -0.2) is 0 Å². The Hall–Kier alpha value is -1.03. The van der Waals surface area contributed by atoms with Crippen molar-refractivity contribution in [3.05, 3.63) is 28.2 Å². The number of rotatable bonds is 4. The molecule has 0 radical (unpaired) electrons. The third-order valence-corrected chi connectivity index (χ3v) is 3.55. The summed E-state index contributed by atoms with van der Waals surface area (Å²) < 4.78 is 0.868. The molecule has 0 aliphatic carbocycles. The maximum Gasteiger partial charge on any atom is 0.126 e. The van der Waals surface area contributed by atoms with Crippen LogP contribution >= 0.6 is 15.9 Å². The van der Waals surface area contributed by atoms with Crippen molar-refractivity contribution in [2.24, 2.45) is 5.73 Å². The van der Waals surface area contributed by atoms with E-state index in [0.29, 0.717) is 6.04 Å². The molecule has 0 amide bonds. The van der Waals surface area contributed by atoms with Crippen LogP contribution in [0.15, 0.2) is 22.7 Å². The highest BCUT2D eigenvalue weighted by atomic mass is 79.9. The van der Waals surface area contributed by atoms with Gasteiger partial charge in [0.15, 0.2) is 0 Å². The van der Waals surface area contributed by atoms with Crippen LogP contribution in [0.3, 0.4) is 0 Å². The van der Waals surface area contributed by atoms with Crippen molar-refractivity contribution < 1.29 is 0 Å². The maximum absolute atomic E-state index is 7.63. The van der Waals surface area contributed by atoms with E-state index in [-0.39, 0.29) is 5.84 Å². The SMILES string of the molecule is CCC(C)N(C)c1cccc(Br)c1C(=N)N. The zero-order valence-corrected chi connectivity index (χ0v) is 11.5. The first-order chi connectivity index (χ1) is 7.49. The molecule has 3 N–H and O–H groups in total. The van der Waals surface area contributed by atoms with Gasteiger partial charge in [-0.15, -0.1) is 0 Å². The first-order valence-corrected chi connectivity index (χ1v) is 6.14. The molecule has 3 nitrogen and oxygen atoms in total. The Morgan fingerprint density at radius 1 is 1.56 bits per heavy atom. The third-order valence-electron chi connectivity index (χ3n) is 2.89. The molecule has 16 heavy (non-hydrogen) atoms. The number of hydrogen-bond acceptors (Lipinski definition) is 2. The van der Waals surface area contributed by atoms with Gasteiger partial charge >= 0.3 is 0 Å². The normalized spacial score (nSPS) is 12.2. The van der Waals surface area contributed by atoms with Crippen molar-refractivity contribution in [1.82, 2.24) is 0 Å². The van der Waals surface area contributed by atoms with E-state index in [0.717, 1.165) is 22.1 Å². The van der Waals surface area contributed by atoms with Crippen LogP contribution in [0.4, 0.5) is 5.69 Å². The number of nitrogens with two attached hydrogens (primary N) is 1. The number of nitrogen functional groups attached to an aromatic ring is 1. The molecule has 1 aromatic rings. The summed E-state index contributed by atoms with van der Waals surface area (Å²) in [5.41, 5.74) is 7.39. The molecule has 0 aromatic heterocycles. The summed E-state index contributed by atoms with van der Waals surface area (Å²) in [4.78, 5) is 2.15. The molecule has 4 heteroatoms. The summed E-state index contributed by atoms with van der Waals surface area (Å²) in [7, 11) is 2.03. The predicted molar refractivity (Wildman–Crippen MR) is 73.3 cm³/mol. The lowest BCUT2D eigenvalue weighted by Gasteiger charge is -2.28. The van der Waals surface area contributed by atoms with Crippen LogP contribution in [0.2, 0.25) is 0 Å². The van der Waals surface area contributed by atoms with E-state index in [9.17, 15) is 0 Å². The topological polar surface area (TPSA) is 53.1 Å². The van der Waals surface area contributed by atoms with E-state index in [1.807, 2.05) is 25.2 Å². The van der Waals surface area contributed by atoms with Crippen molar-refractivity contribution >= 4 is 27.5 Å². The summed E-state index contributed by atoms with van der Waals surface area (Å²) in [6, 6.07) is 6.29. The molecule has 1 atom stereocenters. The average Bonchev–Trinajstić information content (AvgIpc) is 2.26. The lowest BCUT2D eigenvalue weighted by molar-refractivity contribution is 0.663. The van der Waals surface area contributed by atoms with Crippen molar-refractivity contribution in [2.75, 3.05) is 11.9 Å². The first-order valence-electron chi connectivity index (χ1n) is 5.34. The van der Waals surface area contributed by atoms with E-state index >= 15 is 0 Å². The van der Waals surface area contributed by atoms with E-state index in [1.165, 1.54) is 0 Å². The van der Waals surface area contributed by atoms with Gasteiger partial charge in [0.1, 0.15) is 5.84 Å². The summed E-state index contributed by atoms with van der Waals surface area (Å²) in [6.07, 6.45) is 1.06. The zero-order chi connectivity index (χ0) is 12.3. The standard InChI is InChI=1S/C12H18BrN3/c1-4-8(2)16(3)10-7-5-6-9(13)11(10)12(14)15/h5-8H,4H2,1-3H3,(H3,14,15). The summed E-state index contributed by atoms with van der Waals surface area (Å²) >= 11 is 3.44. The largest absolute Gasteiger partial charge is 0.384 e. The minimum atomic E-state index is 0.0950. The minimum Gasteiger partial charge on any atom is -0.384 e. The Morgan fingerprint density at radius 2 is 2.19 bits per heavy atom. The highest BCUT2D eigenvalue weighted by molar-refractivity contribution is 9.10. The Morgan fingerprint density at radius 3 is 2.69 bits per heavy atom. The van der Waals surface area contributed by atoms with Crippen LogP contribution in [0.5, 0.6) is 0 Å². The number of anilines is 1. The molecule has 0 fully saturated rings. The number of benzene rings is 1. The van der Waals surface area contributed by atoms with Crippen LogP contribution in [-0.4, -0.2) is 18.9 Å². The van der Waals surface area contributed by atoms with Crippen LogP contribution in [-0.2, 0) is 0 Å². The van der Waals surface area contributed by atoms with Gasteiger partial charge in [-0.1, -0.05) is 13.0 Å². The first kappa shape index (κ1) is 13.0. The van der Waals surface area contributed by atoms with Gasteiger partial charge in [0.05, 0.1) is 5.56 Å². The number of nitrogens with zero attached hydrogens (tertiary/aromatic N) is 1. The summed E-state index contributed by atoms with van der Waals surface area (Å²) in [5.74, 6) is 0.0950. The second-order valence-electron chi connectivity index (χ2n) is 3.92. The molecule has 1 aromatic carbocycles.